The van der Waals surface area contributed by atoms with Gasteiger partial charge in [0, 0.05) is 43.1 Å². The predicted molar refractivity (Wildman–Crippen MR) is 189 cm³/mol. The van der Waals surface area contributed by atoms with Gasteiger partial charge < -0.3 is 10.4 Å². The van der Waals surface area contributed by atoms with E-state index in [1.807, 2.05) is 25.1 Å². The zero-order valence-electron chi connectivity index (χ0n) is 27.0. The Hall–Kier alpha value is -3.81. The number of nitrogens with zero attached hydrogens (tertiary/aromatic N) is 3. The minimum absolute atomic E-state index is 0.240. The van der Waals surface area contributed by atoms with Crippen LogP contribution in [0.3, 0.4) is 0 Å². The molecule has 3 aromatic carbocycles. The summed E-state index contributed by atoms with van der Waals surface area (Å²) in [5, 5.41) is 13.6. The molecule has 0 unspecified atom stereocenters. The number of carbonyl (C=O) groups is 1. The maximum absolute atomic E-state index is 13.2. The number of benzene rings is 3. The number of hydrogen-bond acceptors (Lipinski definition) is 5. The van der Waals surface area contributed by atoms with Crippen LogP contribution in [0.15, 0.2) is 66.9 Å². The van der Waals surface area contributed by atoms with Crippen LogP contribution >= 0.6 is 11.6 Å². The van der Waals surface area contributed by atoms with Crippen LogP contribution in [0.4, 0.5) is 5.69 Å². The summed E-state index contributed by atoms with van der Waals surface area (Å²) in [5.74, 6) is -0.240. The first-order valence-corrected chi connectivity index (χ1v) is 16.7. The molecule has 4 aromatic rings. The maximum atomic E-state index is 13.2. The third-order valence-corrected chi connectivity index (χ3v) is 9.78. The molecule has 6 rings (SSSR count). The minimum atomic E-state index is -0.254. The van der Waals surface area contributed by atoms with E-state index in [1.165, 1.54) is 37.1 Å². The Morgan fingerprint density at radius 2 is 1.65 bits per heavy atom. The number of nitrogens with one attached hydrogen (secondary N) is 1. The molecule has 1 amide bonds. The second kappa shape index (κ2) is 14.3. The van der Waals surface area contributed by atoms with Crippen molar-refractivity contribution >= 4 is 35.3 Å². The number of hydrogen-bond donors (Lipinski definition) is 2. The Balaban J connectivity index is 1.16. The predicted octanol–water partition coefficient (Wildman–Crippen LogP) is 7.91. The van der Waals surface area contributed by atoms with E-state index in [-0.39, 0.29) is 12.0 Å². The molecule has 0 aliphatic carbocycles. The lowest BCUT2D eigenvalue weighted by Crippen LogP contribution is -2.21. The molecule has 1 atom stereocenters. The van der Waals surface area contributed by atoms with Crippen LogP contribution < -0.4 is 5.32 Å². The number of aryl methyl sites for hydroxylation is 1. The highest BCUT2D eigenvalue weighted by Crippen LogP contribution is 2.33. The van der Waals surface area contributed by atoms with Crippen molar-refractivity contribution in [1.29, 1.82) is 0 Å². The van der Waals surface area contributed by atoms with Crippen LogP contribution in [-0.4, -0.2) is 58.1 Å². The average Bonchev–Trinajstić information content (AvgIpc) is 3.71. The van der Waals surface area contributed by atoms with Crippen LogP contribution in [0.25, 0.3) is 23.3 Å². The number of aromatic nitrogens is 1. The normalized spacial score (nSPS) is 17.3. The zero-order chi connectivity index (χ0) is 32.2. The van der Waals surface area contributed by atoms with Gasteiger partial charge in [-0.25, -0.2) is 0 Å². The first kappa shape index (κ1) is 32.1. The van der Waals surface area contributed by atoms with Gasteiger partial charge in [0.25, 0.3) is 5.91 Å². The van der Waals surface area contributed by atoms with E-state index < -0.39 is 0 Å². The van der Waals surface area contributed by atoms with Gasteiger partial charge in [-0.3, -0.25) is 19.6 Å². The second-order valence-electron chi connectivity index (χ2n) is 12.8. The Morgan fingerprint density at radius 3 is 2.37 bits per heavy atom. The van der Waals surface area contributed by atoms with Crippen molar-refractivity contribution < 1.29 is 9.90 Å². The summed E-state index contributed by atoms with van der Waals surface area (Å²) in [7, 11) is 0. The molecule has 3 heterocycles. The maximum Gasteiger partial charge on any atom is 0.274 e. The van der Waals surface area contributed by atoms with Crippen LogP contribution in [0.5, 0.6) is 0 Å². The molecule has 2 aliphatic rings. The summed E-state index contributed by atoms with van der Waals surface area (Å²) in [4.78, 5) is 22.3. The molecule has 0 saturated carbocycles. The number of likely N-dealkylation sites (tertiary alicyclic amines) is 2. The molecule has 46 heavy (non-hydrogen) atoms. The fourth-order valence-electron chi connectivity index (χ4n) is 6.65. The van der Waals surface area contributed by atoms with Crippen molar-refractivity contribution in [2.24, 2.45) is 0 Å². The van der Waals surface area contributed by atoms with E-state index in [9.17, 15) is 9.90 Å². The number of aliphatic hydroxyl groups excluding tert-OH is 1. The molecule has 1 aromatic heterocycles. The smallest absolute Gasteiger partial charge is 0.274 e. The number of carbonyl (C=O) groups excluding carboxylic acids is 1. The average molecular weight is 635 g/mol. The highest BCUT2D eigenvalue weighted by atomic mass is 35.5. The molecule has 2 saturated heterocycles. The van der Waals surface area contributed by atoms with Crippen LogP contribution in [0.2, 0.25) is 5.02 Å². The standard InChI is InChI=1S/C39H43ClN4O2/c1-26-20-31(36(40)21-32(26)24-43-17-4-5-18-43)14-13-30-8-6-9-34(27(30)2)35-10-7-11-37(28(35)3)42-39(46)38-15-12-29(22-41-38)23-44-19-16-33(45)25-44/h6-15,20-22,33,45H,4-5,16-19,23-25H2,1-3H3,(H,42,46)/b14-13+/t33-/m1/s1. The van der Waals surface area contributed by atoms with E-state index in [1.54, 1.807) is 12.3 Å². The number of halogens is 1. The largest absolute Gasteiger partial charge is 0.392 e. The molecule has 2 aliphatic heterocycles. The number of amides is 1. The highest BCUT2D eigenvalue weighted by Gasteiger charge is 2.20. The monoisotopic (exact) mass is 634 g/mol. The van der Waals surface area contributed by atoms with Crippen LogP contribution in [0.1, 0.15) is 68.7 Å². The quantitative estimate of drug-likeness (QED) is 0.183. The topological polar surface area (TPSA) is 68.7 Å². The molecule has 2 N–H and O–H groups in total. The van der Waals surface area contributed by atoms with Gasteiger partial charge in [-0.1, -0.05) is 66.2 Å². The van der Waals surface area contributed by atoms with E-state index in [0.717, 1.165) is 75.7 Å². The Morgan fingerprint density at radius 1 is 0.913 bits per heavy atom. The fraction of sp³-hybridized carbons (Fsp3) is 0.333. The van der Waals surface area contributed by atoms with Gasteiger partial charge in [-0.15, -0.1) is 0 Å². The van der Waals surface area contributed by atoms with Gasteiger partial charge in [-0.05, 0) is 121 Å². The van der Waals surface area contributed by atoms with Crippen molar-refractivity contribution in [1.82, 2.24) is 14.8 Å². The van der Waals surface area contributed by atoms with Gasteiger partial charge in [-0.2, -0.15) is 0 Å². The molecule has 0 radical (unpaired) electrons. The SMILES string of the molecule is Cc1cc(/C=C/c2cccc(-c3cccc(NC(=O)c4ccc(CN5CC[C@@H](O)C5)cn4)c3C)c2C)c(Cl)cc1CN1CCCC1. The lowest BCUT2D eigenvalue weighted by molar-refractivity contribution is 0.102. The first-order chi connectivity index (χ1) is 22.2. The molecule has 0 bridgehead atoms. The summed E-state index contributed by atoms with van der Waals surface area (Å²) in [6.07, 6.45) is 9.11. The summed E-state index contributed by atoms with van der Waals surface area (Å²) < 4.78 is 0. The van der Waals surface area contributed by atoms with E-state index >= 15 is 0 Å². The van der Waals surface area contributed by atoms with Crippen LogP contribution in [-0.2, 0) is 13.1 Å². The third kappa shape index (κ3) is 7.42. The number of β-amino-alcohol motifs (C(OH)–C–C–N with tert-alkyl or cyclic N) is 1. The van der Waals surface area contributed by atoms with Gasteiger partial charge >= 0.3 is 0 Å². The fourth-order valence-corrected chi connectivity index (χ4v) is 6.89. The number of anilines is 1. The third-order valence-electron chi connectivity index (χ3n) is 9.45. The highest BCUT2D eigenvalue weighted by molar-refractivity contribution is 6.32. The zero-order valence-corrected chi connectivity index (χ0v) is 27.8. The van der Waals surface area contributed by atoms with Crippen LogP contribution in [0, 0.1) is 20.8 Å². The van der Waals surface area contributed by atoms with E-state index in [2.05, 4.69) is 82.5 Å². The molecular formula is C39H43ClN4O2. The molecule has 6 nitrogen and oxygen atoms in total. The Labute approximate surface area is 277 Å². The molecule has 238 valence electrons. The Kier molecular flexibility index (Phi) is 10.00. The van der Waals surface area contributed by atoms with Crippen molar-refractivity contribution in [2.45, 2.75) is 59.2 Å². The summed E-state index contributed by atoms with van der Waals surface area (Å²) in [6.45, 7) is 11.9. The van der Waals surface area contributed by atoms with Gasteiger partial charge in [0.05, 0.1) is 6.10 Å². The van der Waals surface area contributed by atoms with Crippen molar-refractivity contribution in [3.63, 3.8) is 0 Å². The number of pyridine rings is 1. The lowest BCUT2D eigenvalue weighted by atomic mass is 9.92. The van der Waals surface area contributed by atoms with E-state index in [0.29, 0.717) is 12.2 Å². The molecule has 7 heteroatoms. The van der Waals surface area contributed by atoms with Gasteiger partial charge in [0.2, 0.25) is 0 Å². The van der Waals surface area contributed by atoms with Crippen molar-refractivity contribution in [2.75, 3.05) is 31.5 Å². The lowest BCUT2D eigenvalue weighted by Gasteiger charge is -2.17. The number of aliphatic hydroxyl groups is 1. The first-order valence-electron chi connectivity index (χ1n) is 16.3. The van der Waals surface area contributed by atoms with Gasteiger partial charge in [0.15, 0.2) is 0 Å². The van der Waals surface area contributed by atoms with Crippen molar-refractivity contribution in [3.8, 4) is 11.1 Å². The molecule has 2 fully saturated rings. The minimum Gasteiger partial charge on any atom is -0.392 e. The molecular weight excluding hydrogens is 592 g/mol. The van der Waals surface area contributed by atoms with E-state index in [4.69, 9.17) is 11.6 Å². The second-order valence-corrected chi connectivity index (χ2v) is 13.2. The van der Waals surface area contributed by atoms with Gasteiger partial charge in [0.1, 0.15) is 5.69 Å². The Bertz CT molecular complexity index is 1740. The molecule has 0 spiro atoms. The summed E-state index contributed by atoms with van der Waals surface area (Å²) >= 11 is 6.77. The number of rotatable bonds is 9. The summed E-state index contributed by atoms with van der Waals surface area (Å²) in [6, 6.07) is 20.4. The van der Waals surface area contributed by atoms with Crippen molar-refractivity contribution in [3.05, 3.63) is 117 Å². The summed E-state index contributed by atoms with van der Waals surface area (Å²) in [5.41, 5.74) is 11.2.